The summed E-state index contributed by atoms with van der Waals surface area (Å²) in [4.78, 5) is 49.3. The van der Waals surface area contributed by atoms with Crippen LogP contribution in [0.15, 0.2) is 20.6 Å². The molecule has 2 aromatic heterocycles. The number of nitrogen functional groups attached to an aromatic ring is 1. The van der Waals surface area contributed by atoms with Crippen LogP contribution in [-0.4, -0.2) is 24.7 Å². The fraction of sp³-hybridized carbons (Fsp3) is 0.400. The largest absolute Gasteiger partial charge is 0.384 e. The quantitative estimate of drug-likeness (QED) is 0.729. The molecule has 2 heterocycles. The first kappa shape index (κ1) is 19.9. The highest BCUT2D eigenvalue weighted by atomic mass is 35.5. The van der Waals surface area contributed by atoms with Gasteiger partial charge in [0.1, 0.15) is 22.9 Å². The van der Waals surface area contributed by atoms with Crippen LogP contribution in [0, 0.1) is 5.92 Å². The smallest absolute Gasteiger partial charge is 0.332 e. The normalized spacial score (nSPS) is 11.2. The number of ketones is 1. The second-order valence-electron chi connectivity index (χ2n) is 6.10. The van der Waals surface area contributed by atoms with Gasteiger partial charge in [-0.25, -0.2) is 9.48 Å². The lowest BCUT2D eigenvalue weighted by atomic mass is 10.1. The predicted octanol–water partition coefficient (Wildman–Crippen LogP) is 0.532. The number of nitrogens with two attached hydrogens (primary N) is 1. The average Bonchev–Trinajstić information content (AvgIpc) is 2.57. The molecule has 26 heavy (non-hydrogen) atoms. The third kappa shape index (κ3) is 3.58. The summed E-state index contributed by atoms with van der Waals surface area (Å²) in [7, 11) is 1.25. The Labute approximate surface area is 157 Å². The Bertz CT molecular complexity index is 1050. The summed E-state index contributed by atoms with van der Waals surface area (Å²) in [5.41, 5.74) is 3.30. The van der Waals surface area contributed by atoms with E-state index in [0.29, 0.717) is 0 Å². The molecule has 0 aliphatic heterocycles. The topological polar surface area (TPSA) is 122 Å². The van der Waals surface area contributed by atoms with Gasteiger partial charge in [-0.15, -0.1) is 0 Å². The van der Waals surface area contributed by atoms with E-state index in [1.807, 2.05) is 13.8 Å². The molecule has 0 saturated heterocycles. The second-order valence-corrected chi connectivity index (χ2v) is 6.89. The Morgan fingerprint density at radius 1 is 1.23 bits per heavy atom. The zero-order valence-corrected chi connectivity index (χ0v) is 15.8. The molecule has 0 aliphatic rings. The summed E-state index contributed by atoms with van der Waals surface area (Å²) in [5, 5.41) is 3.38. The molecule has 2 rings (SSSR count). The molecule has 9 nitrogen and oxygen atoms in total. The summed E-state index contributed by atoms with van der Waals surface area (Å²) >= 11 is 11.4. The summed E-state index contributed by atoms with van der Waals surface area (Å²) in [6, 6.07) is 0. The van der Waals surface area contributed by atoms with Crippen molar-refractivity contribution >= 4 is 34.8 Å². The lowest BCUT2D eigenvalue weighted by molar-refractivity contribution is 0.0963. The van der Waals surface area contributed by atoms with Gasteiger partial charge in [-0.3, -0.25) is 23.5 Å². The number of carbonyl (C=O) groups excluding carboxylic acids is 1. The maximum absolute atomic E-state index is 12.6. The van der Waals surface area contributed by atoms with Crippen LogP contribution in [0.3, 0.4) is 0 Å². The van der Waals surface area contributed by atoms with Crippen LogP contribution in [0.1, 0.15) is 24.2 Å². The van der Waals surface area contributed by atoms with E-state index in [2.05, 4.69) is 5.10 Å². The number of carbonyl (C=O) groups is 1. The van der Waals surface area contributed by atoms with Crippen molar-refractivity contribution in [2.75, 3.05) is 5.73 Å². The van der Waals surface area contributed by atoms with E-state index in [1.54, 1.807) is 0 Å². The second kappa shape index (κ2) is 7.46. The fourth-order valence-corrected chi connectivity index (χ4v) is 2.63. The minimum absolute atomic E-state index is 0.0508. The molecule has 2 aromatic rings. The summed E-state index contributed by atoms with van der Waals surface area (Å²) in [6.45, 7) is 3.37. The van der Waals surface area contributed by atoms with Gasteiger partial charge in [0.25, 0.3) is 11.1 Å². The number of hydrogen-bond acceptors (Lipinski definition) is 6. The van der Waals surface area contributed by atoms with Gasteiger partial charge in [0, 0.05) is 13.6 Å². The van der Waals surface area contributed by atoms with E-state index < -0.39 is 29.1 Å². The first-order chi connectivity index (χ1) is 12.1. The first-order valence-electron chi connectivity index (χ1n) is 7.59. The molecule has 0 aromatic carbocycles. The van der Waals surface area contributed by atoms with Crippen LogP contribution < -0.4 is 22.5 Å². The third-order valence-corrected chi connectivity index (χ3v) is 4.39. The molecule has 0 radical (unpaired) electrons. The number of aromatic nitrogens is 4. The molecule has 0 bridgehead atoms. The van der Waals surface area contributed by atoms with Gasteiger partial charge in [0.2, 0.25) is 0 Å². The van der Waals surface area contributed by atoms with Crippen LogP contribution in [0.5, 0.6) is 0 Å². The van der Waals surface area contributed by atoms with Gasteiger partial charge in [0.05, 0.1) is 11.2 Å². The van der Waals surface area contributed by atoms with Crippen LogP contribution in [0.25, 0.3) is 0 Å². The summed E-state index contributed by atoms with van der Waals surface area (Å²) in [6.07, 6.45) is 1.11. The highest BCUT2D eigenvalue weighted by molar-refractivity contribution is 6.41. The van der Waals surface area contributed by atoms with Gasteiger partial charge < -0.3 is 5.73 Å². The van der Waals surface area contributed by atoms with Crippen LogP contribution >= 0.6 is 23.2 Å². The molecular weight excluding hydrogens is 385 g/mol. The Hall–Kier alpha value is -2.39. The number of hydrogen-bond donors (Lipinski definition) is 1. The summed E-state index contributed by atoms with van der Waals surface area (Å²) in [5.74, 6) is -0.965. The van der Waals surface area contributed by atoms with Gasteiger partial charge in [-0.05, 0) is 5.92 Å². The van der Waals surface area contributed by atoms with E-state index in [-0.39, 0.29) is 33.9 Å². The van der Waals surface area contributed by atoms with Crippen molar-refractivity contribution in [1.29, 1.82) is 0 Å². The predicted molar refractivity (Wildman–Crippen MR) is 98.0 cm³/mol. The van der Waals surface area contributed by atoms with Gasteiger partial charge >= 0.3 is 5.69 Å². The van der Waals surface area contributed by atoms with Gasteiger partial charge in [-0.2, -0.15) is 5.10 Å². The highest BCUT2D eigenvalue weighted by Crippen LogP contribution is 2.15. The van der Waals surface area contributed by atoms with Crippen LogP contribution in [-0.2, 0) is 20.1 Å². The molecule has 0 unspecified atom stereocenters. The standard InChI is InChI=1S/C15H17Cl2N5O4/c1-7(2)5-21-12(18)10(13(24)20(3)15(21)26)9(23)6-22-14(25)11(17)8(16)4-19-22/h4,7H,5-6,18H2,1-3H3. The molecule has 2 N–H and O–H groups in total. The van der Waals surface area contributed by atoms with E-state index >= 15 is 0 Å². The minimum Gasteiger partial charge on any atom is -0.384 e. The monoisotopic (exact) mass is 401 g/mol. The molecule has 0 spiro atoms. The van der Waals surface area contributed by atoms with Crippen molar-refractivity contribution in [1.82, 2.24) is 18.9 Å². The maximum Gasteiger partial charge on any atom is 0.332 e. The molecule has 0 amide bonds. The molecule has 0 fully saturated rings. The van der Waals surface area contributed by atoms with Crippen LogP contribution in [0.2, 0.25) is 10.0 Å². The number of anilines is 1. The van der Waals surface area contributed by atoms with Gasteiger partial charge in [0.15, 0.2) is 5.78 Å². The zero-order chi connectivity index (χ0) is 19.8. The van der Waals surface area contributed by atoms with E-state index in [1.165, 1.54) is 7.05 Å². The summed E-state index contributed by atoms with van der Waals surface area (Å²) < 4.78 is 2.73. The molecule has 0 aliphatic carbocycles. The van der Waals surface area contributed by atoms with Crippen molar-refractivity contribution in [2.45, 2.75) is 26.9 Å². The number of Topliss-reactive ketones (excluding diaryl/α,β-unsaturated/α-hetero) is 1. The Morgan fingerprint density at radius 3 is 2.42 bits per heavy atom. The fourth-order valence-electron chi connectivity index (χ4n) is 2.36. The molecule has 0 atom stereocenters. The number of nitrogens with zero attached hydrogens (tertiary/aromatic N) is 4. The molecule has 0 saturated carbocycles. The minimum atomic E-state index is -0.842. The SMILES string of the molecule is CC(C)Cn1c(N)c(C(=O)Cn2ncc(Cl)c(Cl)c2=O)c(=O)n(C)c1=O. The van der Waals surface area contributed by atoms with Crippen molar-refractivity contribution in [3.63, 3.8) is 0 Å². The van der Waals surface area contributed by atoms with Crippen molar-refractivity contribution in [3.8, 4) is 0 Å². The number of halogens is 2. The number of rotatable bonds is 5. The molecule has 11 heteroatoms. The van der Waals surface area contributed by atoms with Gasteiger partial charge in [-0.1, -0.05) is 37.0 Å². The van der Waals surface area contributed by atoms with E-state index in [9.17, 15) is 19.2 Å². The lowest BCUT2D eigenvalue weighted by Crippen LogP contribution is -2.44. The van der Waals surface area contributed by atoms with Crippen molar-refractivity contribution in [2.24, 2.45) is 13.0 Å². The zero-order valence-electron chi connectivity index (χ0n) is 14.3. The lowest BCUT2D eigenvalue weighted by Gasteiger charge is -2.16. The molecular formula is C15H17Cl2N5O4. The highest BCUT2D eigenvalue weighted by Gasteiger charge is 2.23. The maximum atomic E-state index is 12.6. The Kier molecular flexibility index (Phi) is 5.72. The average molecular weight is 402 g/mol. The van der Waals surface area contributed by atoms with Crippen molar-refractivity contribution in [3.05, 3.63) is 53.0 Å². The van der Waals surface area contributed by atoms with E-state index in [0.717, 1.165) is 20.0 Å². The third-order valence-electron chi connectivity index (χ3n) is 3.65. The Balaban J connectivity index is 2.58. The first-order valence-corrected chi connectivity index (χ1v) is 8.35. The van der Waals surface area contributed by atoms with E-state index in [4.69, 9.17) is 28.9 Å². The van der Waals surface area contributed by atoms with Crippen molar-refractivity contribution < 1.29 is 4.79 Å². The van der Waals surface area contributed by atoms with Crippen LogP contribution in [0.4, 0.5) is 5.82 Å². The Morgan fingerprint density at radius 2 is 1.85 bits per heavy atom. The molecule has 140 valence electrons.